The molecule has 0 aliphatic heterocycles. The molecule has 3 rings (SSSR count). The Balaban J connectivity index is 1.60. The summed E-state index contributed by atoms with van der Waals surface area (Å²) in [6, 6.07) is 8.32. The Morgan fingerprint density at radius 2 is 1.96 bits per heavy atom. The minimum absolute atomic E-state index is 0.212. The zero-order chi connectivity index (χ0) is 18.5. The van der Waals surface area contributed by atoms with Crippen LogP contribution in [0.1, 0.15) is 49.4 Å². The molecule has 1 atom stereocenters. The Bertz CT molecular complexity index is 851. The number of para-hydroxylation sites is 1. The lowest BCUT2D eigenvalue weighted by atomic mass is 9.89. The number of esters is 1. The van der Waals surface area contributed by atoms with Gasteiger partial charge in [0.15, 0.2) is 6.10 Å². The maximum Gasteiger partial charge on any atom is 0.351 e. The zero-order valence-corrected chi connectivity index (χ0v) is 14.8. The summed E-state index contributed by atoms with van der Waals surface area (Å²) in [6.45, 7) is 2.09. The molecule has 1 amide bonds. The largest absolute Gasteiger partial charge is 0.449 e. The van der Waals surface area contributed by atoms with Crippen molar-refractivity contribution in [3.05, 3.63) is 46.3 Å². The molecule has 0 saturated heterocycles. The third-order valence-corrected chi connectivity index (χ3v) is 4.80. The first-order valence-electron chi connectivity index (χ1n) is 9.06. The molecule has 1 aromatic heterocycles. The Kier molecular flexibility index (Phi) is 5.71. The molecule has 0 bridgehead atoms. The predicted octanol–water partition coefficient (Wildman–Crippen LogP) is 3.03. The molecule has 0 spiro atoms. The van der Waals surface area contributed by atoms with Gasteiger partial charge in [-0.25, -0.2) is 9.59 Å². The van der Waals surface area contributed by atoms with Crippen molar-refractivity contribution in [1.29, 1.82) is 0 Å². The van der Waals surface area contributed by atoms with Crippen LogP contribution in [0, 0.1) is 5.92 Å². The van der Waals surface area contributed by atoms with Gasteiger partial charge in [0.2, 0.25) is 0 Å². The van der Waals surface area contributed by atoms with E-state index in [0.717, 1.165) is 12.8 Å². The van der Waals surface area contributed by atoms with Gasteiger partial charge >= 0.3 is 11.6 Å². The Morgan fingerprint density at radius 1 is 1.23 bits per heavy atom. The third kappa shape index (κ3) is 4.31. The minimum Gasteiger partial charge on any atom is -0.449 e. The van der Waals surface area contributed by atoms with Crippen LogP contribution in [0.4, 0.5) is 0 Å². The molecule has 0 radical (unpaired) electrons. The molecule has 6 heteroatoms. The van der Waals surface area contributed by atoms with Gasteiger partial charge in [-0.05, 0) is 37.8 Å². The number of rotatable bonds is 5. The standard InChI is InChI=1S/C20H23NO5/c1-13(18(22)21-12-14-7-3-2-4-8-14)25-19(23)16-11-15-9-5-6-10-17(15)26-20(16)24/h5-6,9-11,13-14H,2-4,7-8,12H2,1H3,(H,21,22)/t13-/m1/s1. The molecule has 1 aromatic carbocycles. The van der Waals surface area contributed by atoms with Gasteiger partial charge in [-0.15, -0.1) is 0 Å². The maximum atomic E-state index is 12.3. The van der Waals surface area contributed by atoms with Crippen LogP contribution in [-0.2, 0) is 9.53 Å². The molecule has 2 aromatic rings. The molecule has 1 heterocycles. The highest BCUT2D eigenvalue weighted by atomic mass is 16.5. The summed E-state index contributed by atoms with van der Waals surface area (Å²) < 4.78 is 10.3. The lowest BCUT2D eigenvalue weighted by molar-refractivity contribution is -0.129. The fourth-order valence-electron chi connectivity index (χ4n) is 3.26. The first-order chi connectivity index (χ1) is 12.5. The van der Waals surface area contributed by atoms with E-state index < -0.39 is 17.7 Å². The van der Waals surface area contributed by atoms with Gasteiger partial charge in [-0.1, -0.05) is 37.5 Å². The van der Waals surface area contributed by atoms with Crippen LogP contribution in [0.3, 0.4) is 0 Å². The highest BCUT2D eigenvalue weighted by molar-refractivity contribution is 5.94. The van der Waals surface area contributed by atoms with Gasteiger partial charge in [-0.3, -0.25) is 4.79 Å². The van der Waals surface area contributed by atoms with Crippen LogP contribution >= 0.6 is 0 Å². The number of hydrogen-bond donors (Lipinski definition) is 1. The molecule has 138 valence electrons. The predicted molar refractivity (Wildman–Crippen MR) is 96.9 cm³/mol. The summed E-state index contributed by atoms with van der Waals surface area (Å²) in [5.41, 5.74) is -0.591. The molecular weight excluding hydrogens is 334 g/mol. The van der Waals surface area contributed by atoms with E-state index in [4.69, 9.17) is 9.15 Å². The smallest absolute Gasteiger partial charge is 0.351 e. The van der Waals surface area contributed by atoms with E-state index >= 15 is 0 Å². The minimum atomic E-state index is -0.975. The van der Waals surface area contributed by atoms with Crippen molar-refractivity contribution in [2.75, 3.05) is 6.54 Å². The lowest BCUT2D eigenvalue weighted by Crippen LogP contribution is -2.39. The summed E-state index contributed by atoms with van der Waals surface area (Å²) in [6.07, 6.45) is 4.91. The first-order valence-corrected chi connectivity index (χ1v) is 9.06. The summed E-state index contributed by atoms with van der Waals surface area (Å²) in [5, 5.41) is 3.45. The number of hydrogen-bond acceptors (Lipinski definition) is 5. The highest BCUT2D eigenvalue weighted by Gasteiger charge is 2.23. The van der Waals surface area contributed by atoms with Gasteiger partial charge in [0, 0.05) is 11.9 Å². The molecule has 0 unspecified atom stereocenters. The van der Waals surface area contributed by atoms with Crippen molar-refractivity contribution in [2.45, 2.75) is 45.1 Å². The van der Waals surface area contributed by atoms with E-state index in [1.807, 2.05) is 0 Å². The molecule has 1 N–H and O–H groups in total. The van der Waals surface area contributed by atoms with Crippen molar-refractivity contribution < 1.29 is 18.7 Å². The molecule has 26 heavy (non-hydrogen) atoms. The van der Waals surface area contributed by atoms with Crippen molar-refractivity contribution in [1.82, 2.24) is 5.32 Å². The van der Waals surface area contributed by atoms with E-state index in [9.17, 15) is 14.4 Å². The van der Waals surface area contributed by atoms with Crippen molar-refractivity contribution >= 4 is 22.8 Å². The van der Waals surface area contributed by atoms with Crippen LogP contribution in [0.25, 0.3) is 11.0 Å². The van der Waals surface area contributed by atoms with Crippen LogP contribution in [0.15, 0.2) is 39.5 Å². The van der Waals surface area contributed by atoms with Gasteiger partial charge in [0.05, 0.1) is 0 Å². The molecule has 1 fully saturated rings. The Hall–Kier alpha value is -2.63. The van der Waals surface area contributed by atoms with Crippen LogP contribution in [-0.4, -0.2) is 24.5 Å². The second-order valence-corrected chi connectivity index (χ2v) is 6.78. The number of nitrogens with one attached hydrogen (secondary N) is 1. The summed E-state index contributed by atoms with van der Waals surface area (Å²) in [4.78, 5) is 36.4. The molecule has 1 saturated carbocycles. The molecule has 6 nitrogen and oxygen atoms in total. The topological polar surface area (TPSA) is 85.6 Å². The lowest BCUT2D eigenvalue weighted by Gasteiger charge is -2.22. The van der Waals surface area contributed by atoms with Crippen LogP contribution in [0.5, 0.6) is 0 Å². The SMILES string of the molecule is C[C@@H](OC(=O)c1cc2ccccc2oc1=O)C(=O)NCC1CCCCC1. The first kappa shape index (κ1) is 18.2. The summed E-state index contributed by atoms with van der Waals surface area (Å²) >= 11 is 0. The quantitative estimate of drug-likeness (QED) is 0.657. The number of fused-ring (bicyclic) bond motifs is 1. The van der Waals surface area contributed by atoms with Crippen molar-refractivity contribution in [3.63, 3.8) is 0 Å². The van der Waals surface area contributed by atoms with E-state index in [-0.39, 0.29) is 11.5 Å². The fraction of sp³-hybridized carbons (Fsp3) is 0.450. The second-order valence-electron chi connectivity index (χ2n) is 6.78. The van der Waals surface area contributed by atoms with Crippen LogP contribution in [0.2, 0.25) is 0 Å². The van der Waals surface area contributed by atoms with Crippen LogP contribution < -0.4 is 10.9 Å². The van der Waals surface area contributed by atoms with Gasteiger partial charge in [0.1, 0.15) is 11.1 Å². The Labute approximate surface area is 151 Å². The van der Waals surface area contributed by atoms with Gasteiger partial charge < -0.3 is 14.5 Å². The number of amides is 1. The third-order valence-electron chi connectivity index (χ3n) is 4.80. The molecule has 1 aliphatic rings. The van der Waals surface area contributed by atoms with E-state index in [0.29, 0.717) is 23.4 Å². The van der Waals surface area contributed by atoms with Crippen molar-refractivity contribution in [2.24, 2.45) is 5.92 Å². The molecular formula is C20H23NO5. The number of ether oxygens (including phenoxy) is 1. The average Bonchev–Trinajstić information content (AvgIpc) is 2.66. The van der Waals surface area contributed by atoms with Gasteiger partial charge in [0.25, 0.3) is 5.91 Å². The van der Waals surface area contributed by atoms with E-state index in [2.05, 4.69) is 5.32 Å². The molecule has 1 aliphatic carbocycles. The van der Waals surface area contributed by atoms with E-state index in [1.165, 1.54) is 32.3 Å². The van der Waals surface area contributed by atoms with E-state index in [1.54, 1.807) is 24.3 Å². The zero-order valence-electron chi connectivity index (χ0n) is 14.8. The summed E-state index contributed by atoms with van der Waals surface area (Å²) in [5.74, 6) is -0.720. The normalized spacial score (nSPS) is 16.2. The van der Waals surface area contributed by atoms with Gasteiger partial charge in [-0.2, -0.15) is 0 Å². The fourth-order valence-corrected chi connectivity index (χ4v) is 3.26. The highest BCUT2D eigenvalue weighted by Crippen LogP contribution is 2.22. The Morgan fingerprint density at radius 3 is 2.73 bits per heavy atom. The number of benzene rings is 1. The number of carbonyl (C=O) groups is 2. The summed E-state index contributed by atoms with van der Waals surface area (Å²) in [7, 11) is 0. The monoisotopic (exact) mass is 357 g/mol. The maximum absolute atomic E-state index is 12.3. The number of carbonyl (C=O) groups excluding carboxylic acids is 2. The van der Waals surface area contributed by atoms with Crippen molar-refractivity contribution in [3.8, 4) is 0 Å². The second kappa shape index (κ2) is 8.17. The average molecular weight is 357 g/mol.